The second-order valence-electron chi connectivity index (χ2n) is 9.29. The van der Waals surface area contributed by atoms with E-state index in [-0.39, 0.29) is 17.1 Å². The lowest BCUT2D eigenvalue weighted by atomic mass is 9.78. The molecular formula is C23H28ClN5O3. The zero-order valence-electron chi connectivity index (χ0n) is 18.0. The predicted molar refractivity (Wildman–Crippen MR) is 121 cm³/mol. The van der Waals surface area contributed by atoms with E-state index in [0.29, 0.717) is 13.1 Å². The molecule has 8 nitrogen and oxygen atoms in total. The number of anilines is 1. The maximum Gasteiger partial charge on any atom is 0.356 e. The summed E-state index contributed by atoms with van der Waals surface area (Å²) >= 11 is 6.31. The molecule has 1 aromatic carbocycles. The largest absolute Gasteiger partial charge is 0.476 e. The van der Waals surface area contributed by atoms with Crippen LogP contribution in [0.1, 0.15) is 41.7 Å². The highest BCUT2D eigenvalue weighted by molar-refractivity contribution is 6.30. The molecule has 0 saturated carbocycles. The molecular weight excluding hydrogens is 430 g/mol. The van der Waals surface area contributed by atoms with E-state index in [1.165, 1.54) is 29.9 Å². The van der Waals surface area contributed by atoms with Crippen molar-refractivity contribution in [1.82, 2.24) is 19.6 Å². The normalized spacial score (nSPS) is 20.5. The number of carboxylic acids is 1. The molecule has 1 amide bonds. The Hall–Kier alpha value is -2.58. The molecule has 32 heavy (non-hydrogen) atoms. The van der Waals surface area contributed by atoms with Crippen molar-refractivity contribution in [1.29, 1.82) is 0 Å². The summed E-state index contributed by atoms with van der Waals surface area (Å²) in [6, 6.07) is 7.34. The third-order valence-electron chi connectivity index (χ3n) is 7.25. The summed E-state index contributed by atoms with van der Waals surface area (Å²) in [5.74, 6) is -1.13. The third kappa shape index (κ3) is 4.09. The third-order valence-corrected chi connectivity index (χ3v) is 7.48. The number of amides is 1. The van der Waals surface area contributed by atoms with Crippen molar-refractivity contribution in [2.45, 2.75) is 32.2 Å². The molecule has 3 fully saturated rings. The van der Waals surface area contributed by atoms with Gasteiger partial charge in [0.15, 0.2) is 5.69 Å². The fraction of sp³-hybridized carbons (Fsp3) is 0.522. The van der Waals surface area contributed by atoms with E-state index in [1.807, 2.05) is 6.07 Å². The molecule has 4 heterocycles. The zero-order chi connectivity index (χ0) is 22.3. The molecule has 0 atom stereocenters. The van der Waals surface area contributed by atoms with Gasteiger partial charge in [-0.15, -0.1) is 0 Å². The Kier molecular flexibility index (Phi) is 5.59. The maximum atomic E-state index is 12.7. The zero-order valence-corrected chi connectivity index (χ0v) is 18.8. The topological polar surface area (TPSA) is 81.9 Å². The van der Waals surface area contributed by atoms with Crippen molar-refractivity contribution >= 4 is 29.3 Å². The molecule has 1 spiro atoms. The number of carbonyl (C=O) groups excluding carboxylic acids is 1. The highest BCUT2D eigenvalue weighted by Crippen LogP contribution is 2.41. The van der Waals surface area contributed by atoms with Crippen LogP contribution in [0.3, 0.4) is 0 Å². The van der Waals surface area contributed by atoms with E-state index in [4.69, 9.17) is 16.7 Å². The van der Waals surface area contributed by atoms with Crippen LogP contribution in [0, 0.1) is 5.41 Å². The molecule has 3 aliphatic rings. The molecule has 0 bridgehead atoms. The van der Waals surface area contributed by atoms with Gasteiger partial charge in [0.25, 0.3) is 0 Å². The highest BCUT2D eigenvalue weighted by Gasteiger charge is 2.41. The summed E-state index contributed by atoms with van der Waals surface area (Å²) in [7, 11) is 0. The van der Waals surface area contributed by atoms with Gasteiger partial charge in [-0.05, 0) is 67.5 Å². The molecule has 5 rings (SSSR count). The number of hydrogen-bond donors (Lipinski definition) is 1. The fourth-order valence-corrected chi connectivity index (χ4v) is 5.41. The first-order chi connectivity index (χ1) is 15.4. The van der Waals surface area contributed by atoms with Crippen LogP contribution in [0.4, 0.5) is 10.5 Å². The fourth-order valence-electron chi connectivity index (χ4n) is 5.22. The number of carboxylic acid groups (broad SMARTS) is 1. The van der Waals surface area contributed by atoms with Crippen LogP contribution in [0.25, 0.3) is 0 Å². The standard InChI is InChI=1S/C23H28ClN5O3/c24-18-2-3-20(27-8-1-9-27)17(14-18)15-26-11-5-23(16-26)6-12-28(13-7-23)22(32)29-10-4-19(25-29)21(30)31/h2-4,10,14H,1,5-9,11-13,15-16H2,(H,30,31). The van der Waals surface area contributed by atoms with Gasteiger partial charge in [-0.2, -0.15) is 9.78 Å². The van der Waals surface area contributed by atoms with Gasteiger partial charge in [0, 0.05) is 56.2 Å². The van der Waals surface area contributed by atoms with Crippen LogP contribution < -0.4 is 4.90 Å². The number of benzene rings is 1. The van der Waals surface area contributed by atoms with Crippen LogP contribution in [0.5, 0.6) is 0 Å². The number of likely N-dealkylation sites (tertiary alicyclic amines) is 2. The Morgan fingerprint density at radius 3 is 2.47 bits per heavy atom. The second-order valence-corrected chi connectivity index (χ2v) is 9.73. The summed E-state index contributed by atoms with van der Waals surface area (Å²) in [6.07, 6.45) is 5.72. The van der Waals surface area contributed by atoms with Gasteiger partial charge in [0.1, 0.15) is 0 Å². The molecule has 1 aromatic heterocycles. The van der Waals surface area contributed by atoms with Crippen LogP contribution in [-0.4, -0.2) is 76.0 Å². The van der Waals surface area contributed by atoms with Gasteiger partial charge >= 0.3 is 12.0 Å². The number of carbonyl (C=O) groups is 2. The number of nitrogens with zero attached hydrogens (tertiary/aromatic N) is 5. The van der Waals surface area contributed by atoms with E-state index < -0.39 is 5.97 Å². The smallest absolute Gasteiger partial charge is 0.356 e. The molecule has 2 aromatic rings. The van der Waals surface area contributed by atoms with E-state index in [2.05, 4.69) is 27.0 Å². The highest BCUT2D eigenvalue weighted by atomic mass is 35.5. The summed E-state index contributed by atoms with van der Waals surface area (Å²) in [6.45, 7) is 6.57. The van der Waals surface area contributed by atoms with Gasteiger partial charge < -0.3 is 14.9 Å². The maximum absolute atomic E-state index is 12.7. The minimum Gasteiger partial charge on any atom is -0.476 e. The number of hydrogen-bond acceptors (Lipinski definition) is 5. The Bertz CT molecular complexity index is 1030. The number of piperidine rings is 1. The number of aromatic nitrogens is 2. The summed E-state index contributed by atoms with van der Waals surface area (Å²) in [4.78, 5) is 30.5. The molecule has 170 valence electrons. The Morgan fingerprint density at radius 1 is 1.06 bits per heavy atom. The molecule has 0 radical (unpaired) electrons. The first-order valence-electron chi connectivity index (χ1n) is 11.3. The number of aromatic carboxylic acids is 1. The van der Waals surface area contributed by atoms with Crippen molar-refractivity contribution < 1.29 is 14.7 Å². The predicted octanol–water partition coefficient (Wildman–Crippen LogP) is 3.40. The minimum atomic E-state index is -1.13. The van der Waals surface area contributed by atoms with Crippen LogP contribution >= 0.6 is 11.6 Å². The summed E-state index contributed by atoms with van der Waals surface area (Å²) in [5, 5.41) is 13.7. The Balaban J connectivity index is 1.20. The van der Waals surface area contributed by atoms with E-state index in [1.54, 1.807) is 4.90 Å². The van der Waals surface area contributed by atoms with Crippen molar-refractivity contribution in [3.8, 4) is 0 Å². The average Bonchev–Trinajstić information content (AvgIpc) is 3.37. The SMILES string of the molecule is O=C(O)c1ccn(C(=O)N2CCC3(CCN(Cc4cc(Cl)ccc4N4CCC4)C3)CC2)n1. The van der Waals surface area contributed by atoms with Crippen molar-refractivity contribution in [3.63, 3.8) is 0 Å². The minimum absolute atomic E-state index is 0.114. The van der Waals surface area contributed by atoms with Crippen molar-refractivity contribution in [3.05, 3.63) is 46.7 Å². The average molecular weight is 458 g/mol. The van der Waals surface area contributed by atoms with Crippen LogP contribution in [0.2, 0.25) is 5.02 Å². The lowest BCUT2D eigenvalue weighted by Gasteiger charge is -2.39. The first kappa shape index (κ1) is 21.3. The van der Waals surface area contributed by atoms with E-state index >= 15 is 0 Å². The Labute approximate surface area is 192 Å². The van der Waals surface area contributed by atoms with Gasteiger partial charge in [-0.25, -0.2) is 9.59 Å². The van der Waals surface area contributed by atoms with Gasteiger partial charge in [-0.1, -0.05) is 11.6 Å². The summed E-state index contributed by atoms with van der Waals surface area (Å²) < 4.78 is 1.14. The quantitative estimate of drug-likeness (QED) is 0.757. The second kappa shape index (κ2) is 8.41. The lowest BCUT2D eigenvalue weighted by molar-refractivity contribution is 0.0689. The van der Waals surface area contributed by atoms with Crippen LogP contribution in [-0.2, 0) is 6.54 Å². The van der Waals surface area contributed by atoms with Gasteiger partial charge in [-0.3, -0.25) is 4.90 Å². The molecule has 9 heteroatoms. The summed E-state index contributed by atoms with van der Waals surface area (Å²) in [5.41, 5.74) is 2.73. The molecule has 0 aliphatic carbocycles. The first-order valence-corrected chi connectivity index (χ1v) is 11.6. The van der Waals surface area contributed by atoms with E-state index in [0.717, 1.165) is 61.7 Å². The molecule has 3 aliphatic heterocycles. The monoisotopic (exact) mass is 457 g/mol. The van der Waals surface area contributed by atoms with Gasteiger partial charge in [0.05, 0.1) is 0 Å². The molecule has 0 unspecified atom stereocenters. The van der Waals surface area contributed by atoms with Gasteiger partial charge in [0.2, 0.25) is 0 Å². The van der Waals surface area contributed by atoms with Crippen molar-refractivity contribution in [2.24, 2.45) is 5.41 Å². The van der Waals surface area contributed by atoms with Crippen LogP contribution in [0.15, 0.2) is 30.5 Å². The number of halogens is 1. The van der Waals surface area contributed by atoms with Crippen molar-refractivity contribution in [2.75, 3.05) is 44.2 Å². The van der Waals surface area contributed by atoms with E-state index in [9.17, 15) is 9.59 Å². The Morgan fingerprint density at radius 2 is 1.81 bits per heavy atom. The molecule has 3 saturated heterocycles. The lowest BCUT2D eigenvalue weighted by Crippen LogP contribution is -2.45. The molecule has 1 N–H and O–H groups in total. The number of rotatable bonds is 4.